The van der Waals surface area contributed by atoms with Gasteiger partial charge in [-0.1, -0.05) is 6.92 Å². The molecule has 0 aliphatic carbocycles. The molecule has 0 aromatic heterocycles. The van der Waals surface area contributed by atoms with Crippen LogP contribution < -0.4 is 10.6 Å². The molecule has 0 fully saturated rings. The molecule has 0 bridgehead atoms. The van der Waals surface area contributed by atoms with Crippen LogP contribution in [0.1, 0.15) is 54.0 Å². The Kier molecular flexibility index (Phi) is 6.23. The largest absolute Gasteiger partial charge is 0.399 e. The minimum absolute atomic E-state index is 0.279. The maximum absolute atomic E-state index is 10.00. The Balaban J connectivity index is 2.56. The number of hydrogen-bond donors (Lipinski definition) is 2. The first kappa shape index (κ1) is 21.0. The monoisotopic (exact) mass is 366 g/mol. The SMILES string of the molecule is CCOC(C)OC(C)(OC(C)O)N1c2ccc(N)cc2CC(C)C1(C)C. The van der Waals surface area contributed by atoms with E-state index in [9.17, 15) is 5.11 Å². The van der Waals surface area contributed by atoms with Crippen LogP contribution in [0.5, 0.6) is 0 Å². The fourth-order valence-electron chi connectivity index (χ4n) is 3.87. The van der Waals surface area contributed by atoms with E-state index < -0.39 is 18.5 Å². The number of anilines is 2. The third-order valence-corrected chi connectivity index (χ3v) is 5.23. The number of aliphatic hydroxyl groups excluding tert-OH is 1. The topological polar surface area (TPSA) is 77.2 Å². The first-order valence-electron chi connectivity index (χ1n) is 9.35. The number of rotatable bonds is 7. The molecule has 4 unspecified atom stereocenters. The summed E-state index contributed by atoms with van der Waals surface area (Å²) in [4.78, 5) is 2.10. The van der Waals surface area contributed by atoms with E-state index in [1.54, 1.807) is 6.92 Å². The van der Waals surface area contributed by atoms with Crippen molar-refractivity contribution in [2.45, 2.75) is 78.9 Å². The number of benzene rings is 1. The van der Waals surface area contributed by atoms with E-state index in [4.69, 9.17) is 19.9 Å². The van der Waals surface area contributed by atoms with Crippen LogP contribution in [-0.4, -0.2) is 35.7 Å². The van der Waals surface area contributed by atoms with Gasteiger partial charge in [-0.15, -0.1) is 0 Å². The highest BCUT2D eigenvalue weighted by Gasteiger charge is 2.50. The van der Waals surface area contributed by atoms with E-state index in [1.165, 1.54) is 0 Å². The van der Waals surface area contributed by atoms with Crippen LogP contribution in [0, 0.1) is 5.92 Å². The molecule has 26 heavy (non-hydrogen) atoms. The lowest BCUT2D eigenvalue weighted by Gasteiger charge is -2.56. The highest BCUT2D eigenvalue weighted by atomic mass is 16.8. The van der Waals surface area contributed by atoms with Gasteiger partial charge in [-0.3, -0.25) is 0 Å². The minimum Gasteiger partial charge on any atom is -0.399 e. The number of fused-ring (bicyclic) bond motifs is 1. The van der Waals surface area contributed by atoms with Crippen molar-refractivity contribution in [3.63, 3.8) is 0 Å². The lowest BCUT2D eigenvalue weighted by molar-refractivity contribution is -0.336. The average Bonchev–Trinajstić information content (AvgIpc) is 2.47. The van der Waals surface area contributed by atoms with Gasteiger partial charge in [0.05, 0.1) is 0 Å². The van der Waals surface area contributed by atoms with E-state index in [1.807, 2.05) is 39.0 Å². The van der Waals surface area contributed by atoms with Crippen molar-refractivity contribution in [3.8, 4) is 0 Å². The molecule has 1 aliphatic rings. The van der Waals surface area contributed by atoms with Gasteiger partial charge in [-0.25, -0.2) is 0 Å². The summed E-state index contributed by atoms with van der Waals surface area (Å²) >= 11 is 0. The lowest BCUT2D eigenvalue weighted by atomic mass is 9.77. The van der Waals surface area contributed by atoms with Crippen LogP contribution in [0.2, 0.25) is 0 Å². The number of ether oxygens (including phenoxy) is 3. The van der Waals surface area contributed by atoms with Crippen molar-refractivity contribution in [1.29, 1.82) is 0 Å². The molecule has 0 spiro atoms. The second-order valence-electron chi connectivity index (χ2n) is 7.74. The van der Waals surface area contributed by atoms with Crippen LogP contribution in [0.3, 0.4) is 0 Å². The zero-order chi connectivity index (χ0) is 19.7. The highest BCUT2D eigenvalue weighted by Crippen LogP contribution is 2.46. The van der Waals surface area contributed by atoms with Crippen LogP contribution in [-0.2, 0) is 20.6 Å². The number of nitrogens with two attached hydrogens (primary N) is 1. The average molecular weight is 367 g/mol. The molecule has 1 aliphatic heterocycles. The number of nitrogens with zero attached hydrogens (tertiary/aromatic N) is 1. The van der Waals surface area contributed by atoms with Gasteiger partial charge in [0.15, 0.2) is 12.6 Å². The van der Waals surface area contributed by atoms with Crippen molar-refractivity contribution in [2.75, 3.05) is 17.2 Å². The maximum Gasteiger partial charge on any atom is 0.253 e. The van der Waals surface area contributed by atoms with Gasteiger partial charge in [0, 0.05) is 30.4 Å². The van der Waals surface area contributed by atoms with Gasteiger partial charge in [0.25, 0.3) is 5.91 Å². The van der Waals surface area contributed by atoms with Gasteiger partial charge in [-0.2, -0.15) is 0 Å². The minimum atomic E-state index is -1.22. The Morgan fingerprint density at radius 1 is 1.35 bits per heavy atom. The zero-order valence-electron chi connectivity index (χ0n) is 17.1. The van der Waals surface area contributed by atoms with Crippen molar-refractivity contribution in [3.05, 3.63) is 23.8 Å². The summed E-state index contributed by atoms with van der Waals surface area (Å²) in [5, 5.41) is 10.00. The smallest absolute Gasteiger partial charge is 0.253 e. The quantitative estimate of drug-likeness (QED) is 0.568. The number of nitrogen functional groups attached to an aromatic ring is 1. The summed E-state index contributed by atoms with van der Waals surface area (Å²) in [5.41, 5.74) is 8.60. The summed E-state index contributed by atoms with van der Waals surface area (Å²) in [6.07, 6.45) is -0.580. The molecule has 2 rings (SSSR count). The predicted molar refractivity (Wildman–Crippen MR) is 104 cm³/mol. The van der Waals surface area contributed by atoms with E-state index in [2.05, 4.69) is 25.7 Å². The molecule has 0 radical (unpaired) electrons. The lowest BCUT2D eigenvalue weighted by Crippen LogP contribution is -2.65. The van der Waals surface area contributed by atoms with Gasteiger partial charge in [0.2, 0.25) is 0 Å². The van der Waals surface area contributed by atoms with Crippen LogP contribution in [0.15, 0.2) is 18.2 Å². The molecular weight excluding hydrogens is 332 g/mol. The Hall–Kier alpha value is -1.34. The molecule has 1 heterocycles. The van der Waals surface area contributed by atoms with Gasteiger partial charge in [0.1, 0.15) is 0 Å². The zero-order valence-corrected chi connectivity index (χ0v) is 17.1. The Morgan fingerprint density at radius 2 is 2.00 bits per heavy atom. The second kappa shape index (κ2) is 7.72. The molecule has 1 aromatic carbocycles. The molecule has 1 aromatic rings. The molecule has 0 saturated carbocycles. The first-order chi connectivity index (χ1) is 12.0. The summed E-state index contributed by atoms with van der Waals surface area (Å²) in [7, 11) is 0. The van der Waals surface area contributed by atoms with Crippen molar-refractivity contribution in [1.82, 2.24) is 0 Å². The summed E-state index contributed by atoms with van der Waals surface area (Å²) in [6.45, 7) is 14.2. The molecule has 6 heteroatoms. The fourth-order valence-corrected chi connectivity index (χ4v) is 3.87. The van der Waals surface area contributed by atoms with Crippen molar-refractivity contribution < 1.29 is 19.3 Å². The van der Waals surface area contributed by atoms with Gasteiger partial charge in [-0.05, 0) is 70.7 Å². The van der Waals surface area contributed by atoms with E-state index in [0.29, 0.717) is 12.5 Å². The van der Waals surface area contributed by atoms with Crippen molar-refractivity contribution >= 4 is 11.4 Å². The van der Waals surface area contributed by atoms with Gasteiger partial charge >= 0.3 is 0 Å². The second-order valence-corrected chi connectivity index (χ2v) is 7.74. The summed E-state index contributed by atoms with van der Waals surface area (Å²) in [5.74, 6) is -0.897. The summed E-state index contributed by atoms with van der Waals surface area (Å²) < 4.78 is 17.7. The van der Waals surface area contributed by atoms with E-state index in [0.717, 1.165) is 23.4 Å². The third kappa shape index (κ3) is 4.14. The van der Waals surface area contributed by atoms with Gasteiger partial charge < -0.3 is 30.0 Å². The molecule has 3 N–H and O–H groups in total. The van der Waals surface area contributed by atoms with Crippen LogP contribution in [0.4, 0.5) is 11.4 Å². The fraction of sp³-hybridized carbons (Fsp3) is 0.700. The standard InChI is InChI=1S/C20H34N2O4/c1-8-24-15(4)26-20(7,25-14(3)23)22-18-10-9-17(21)12-16(18)11-13(2)19(22,5)6/h9-10,12-15,23H,8,11,21H2,1-7H3. The highest BCUT2D eigenvalue weighted by molar-refractivity contribution is 5.64. The summed E-state index contributed by atoms with van der Waals surface area (Å²) in [6, 6.07) is 5.88. The molecular formula is C20H34N2O4. The third-order valence-electron chi connectivity index (χ3n) is 5.23. The number of aliphatic hydroxyl groups is 1. The molecule has 148 valence electrons. The Morgan fingerprint density at radius 3 is 2.58 bits per heavy atom. The molecule has 0 amide bonds. The maximum atomic E-state index is 10.00. The Bertz CT molecular complexity index is 620. The van der Waals surface area contributed by atoms with Crippen LogP contribution in [0.25, 0.3) is 0 Å². The van der Waals surface area contributed by atoms with Crippen LogP contribution >= 0.6 is 0 Å². The number of hydrogen-bond acceptors (Lipinski definition) is 6. The van der Waals surface area contributed by atoms with E-state index >= 15 is 0 Å². The molecule has 4 atom stereocenters. The van der Waals surface area contributed by atoms with Crippen molar-refractivity contribution in [2.24, 2.45) is 5.92 Å². The predicted octanol–water partition coefficient (Wildman–Crippen LogP) is 3.47. The molecule has 6 nitrogen and oxygen atoms in total. The molecule has 0 saturated heterocycles. The first-order valence-corrected chi connectivity index (χ1v) is 9.35. The Labute approximate surface area is 157 Å². The normalized spacial score (nSPS) is 23.8. The van der Waals surface area contributed by atoms with E-state index in [-0.39, 0.29) is 5.54 Å².